The van der Waals surface area contributed by atoms with Gasteiger partial charge in [-0.15, -0.1) is 0 Å². The van der Waals surface area contributed by atoms with E-state index in [1.165, 1.54) is 18.4 Å². The zero-order chi connectivity index (χ0) is 12.8. The van der Waals surface area contributed by atoms with Crippen LogP contribution in [0.5, 0.6) is 5.75 Å². The molecule has 1 heterocycles. The molecule has 1 aliphatic heterocycles. The molecule has 0 aromatic heterocycles. The average Bonchev–Trinajstić information content (AvgIpc) is 2.59. The maximum absolute atomic E-state index is 5.79. The molecule has 3 heteroatoms. The highest BCUT2D eigenvalue weighted by Crippen LogP contribution is 2.22. The van der Waals surface area contributed by atoms with E-state index in [1.54, 1.807) is 0 Å². The van der Waals surface area contributed by atoms with Crippen molar-refractivity contribution in [3.05, 3.63) is 29.8 Å². The third kappa shape index (κ3) is 3.47. The molecule has 0 aliphatic carbocycles. The SMILES string of the molecule is CCCC(CN1CCOc2ccccc2C1)NC. The molecule has 1 aromatic rings. The van der Waals surface area contributed by atoms with Crippen LogP contribution < -0.4 is 10.1 Å². The van der Waals surface area contributed by atoms with Crippen LogP contribution in [0.1, 0.15) is 25.3 Å². The molecule has 1 atom stereocenters. The molecule has 0 bridgehead atoms. The van der Waals surface area contributed by atoms with Crippen LogP contribution in [0.15, 0.2) is 24.3 Å². The maximum atomic E-state index is 5.79. The summed E-state index contributed by atoms with van der Waals surface area (Å²) in [4.78, 5) is 2.49. The molecule has 1 aromatic carbocycles. The average molecular weight is 248 g/mol. The molecule has 1 unspecified atom stereocenters. The number of hydrogen-bond acceptors (Lipinski definition) is 3. The second-order valence-corrected chi connectivity index (χ2v) is 4.97. The van der Waals surface area contributed by atoms with Gasteiger partial charge in [-0.3, -0.25) is 4.90 Å². The predicted octanol–water partition coefficient (Wildman–Crippen LogP) is 2.27. The van der Waals surface area contributed by atoms with E-state index in [1.807, 2.05) is 6.07 Å². The minimum Gasteiger partial charge on any atom is -0.492 e. The molecule has 0 amide bonds. The Labute approximate surface area is 110 Å². The molecule has 0 saturated heterocycles. The number of benzene rings is 1. The molecule has 1 aliphatic rings. The largest absolute Gasteiger partial charge is 0.492 e. The maximum Gasteiger partial charge on any atom is 0.123 e. The van der Waals surface area contributed by atoms with Crippen LogP contribution in [0.4, 0.5) is 0 Å². The fourth-order valence-corrected chi connectivity index (χ4v) is 2.52. The summed E-state index contributed by atoms with van der Waals surface area (Å²) in [7, 11) is 2.06. The van der Waals surface area contributed by atoms with Crippen LogP contribution in [-0.2, 0) is 6.54 Å². The second-order valence-electron chi connectivity index (χ2n) is 4.97. The molecule has 2 rings (SSSR count). The summed E-state index contributed by atoms with van der Waals surface area (Å²) in [6.45, 7) is 6.14. The van der Waals surface area contributed by atoms with Crippen molar-refractivity contribution in [1.29, 1.82) is 0 Å². The lowest BCUT2D eigenvalue weighted by Gasteiger charge is -2.25. The number of ether oxygens (including phenoxy) is 1. The smallest absolute Gasteiger partial charge is 0.123 e. The van der Waals surface area contributed by atoms with E-state index in [9.17, 15) is 0 Å². The lowest BCUT2D eigenvalue weighted by atomic mass is 10.1. The first kappa shape index (κ1) is 13.4. The van der Waals surface area contributed by atoms with Gasteiger partial charge in [0.05, 0.1) is 0 Å². The Balaban J connectivity index is 1.99. The van der Waals surface area contributed by atoms with Crippen LogP contribution in [0.2, 0.25) is 0 Å². The Morgan fingerprint density at radius 2 is 2.22 bits per heavy atom. The zero-order valence-electron chi connectivity index (χ0n) is 11.5. The van der Waals surface area contributed by atoms with Crippen LogP contribution in [0, 0.1) is 0 Å². The first-order valence-corrected chi connectivity index (χ1v) is 6.93. The standard InChI is InChI=1S/C15H24N2O/c1-3-6-14(16-2)12-17-9-10-18-15-8-5-4-7-13(15)11-17/h4-5,7-8,14,16H,3,6,9-12H2,1-2H3. The van der Waals surface area contributed by atoms with Gasteiger partial charge in [-0.25, -0.2) is 0 Å². The summed E-state index contributed by atoms with van der Waals surface area (Å²) in [5, 5.41) is 3.41. The molecule has 18 heavy (non-hydrogen) atoms. The summed E-state index contributed by atoms with van der Waals surface area (Å²) < 4.78 is 5.79. The molecule has 0 fully saturated rings. The normalized spacial score (nSPS) is 17.7. The first-order valence-electron chi connectivity index (χ1n) is 6.93. The first-order chi connectivity index (χ1) is 8.83. The summed E-state index contributed by atoms with van der Waals surface area (Å²) in [5.74, 6) is 1.05. The minimum absolute atomic E-state index is 0.584. The van der Waals surface area contributed by atoms with Crippen molar-refractivity contribution >= 4 is 0 Å². The second kappa shape index (κ2) is 6.76. The van der Waals surface area contributed by atoms with Crippen molar-refractivity contribution in [2.24, 2.45) is 0 Å². The highest BCUT2D eigenvalue weighted by molar-refractivity contribution is 5.33. The molecule has 100 valence electrons. The van der Waals surface area contributed by atoms with Crippen LogP contribution in [0.3, 0.4) is 0 Å². The molecular formula is C15H24N2O. The number of fused-ring (bicyclic) bond motifs is 1. The molecule has 0 radical (unpaired) electrons. The fourth-order valence-electron chi connectivity index (χ4n) is 2.52. The summed E-state index contributed by atoms with van der Waals surface area (Å²) >= 11 is 0. The third-order valence-electron chi connectivity index (χ3n) is 3.56. The number of para-hydroxylation sites is 1. The van der Waals surface area contributed by atoms with Crippen molar-refractivity contribution < 1.29 is 4.74 Å². The van der Waals surface area contributed by atoms with Gasteiger partial charge in [0.15, 0.2) is 0 Å². The third-order valence-corrected chi connectivity index (χ3v) is 3.56. The fraction of sp³-hybridized carbons (Fsp3) is 0.600. The van der Waals surface area contributed by atoms with Gasteiger partial charge in [-0.05, 0) is 19.5 Å². The lowest BCUT2D eigenvalue weighted by Crippen LogP contribution is -2.40. The summed E-state index contributed by atoms with van der Waals surface area (Å²) in [5.41, 5.74) is 1.31. The summed E-state index contributed by atoms with van der Waals surface area (Å²) in [6.07, 6.45) is 2.46. The van der Waals surface area contributed by atoms with Crippen molar-refractivity contribution in [2.45, 2.75) is 32.4 Å². The molecule has 0 saturated carbocycles. The van der Waals surface area contributed by atoms with Crippen molar-refractivity contribution in [2.75, 3.05) is 26.7 Å². The van der Waals surface area contributed by atoms with Gasteiger partial charge in [0.1, 0.15) is 12.4 Å². The Morgan fingerprint density at radius 1 is 1.39 bits per heavy atom. The number of hydrogen-bond donors (Lipinski definition) is 1. The number of nitrogens with zero attached hydrogens (tertiary/aromatic N) is 1. The van der Waals surface area contributed by atoms with Gasteiger partial charge in [-0.2, -0.15) is 0 Å². The van der Waals surface area contributed by atoms with Crippen molar-refractivity contribution in [3.63, 3.8) is 0 Å². The molecular weight excluding hydrogens is 224 g/mol. The van der Waals surface area contributed by atoms with Crippen molar-refractivity contribution in [3.8, 4) is 5.75 Å². The monoisotopic (exact) mass is 248 g/mol. The lowest BCUT2D eigenvalue weighted by molar-refractivity contribution is 0.205. The van der Waals surface area contributed by atoms with Gasteiger partial charge in [-0.1, -0.05) is 31.5 Å². The van der Waals surface area contributed by atoms with E-state index in [0.29, 0.717) is 6.04 Å². The molecule has 0 spiro atoms. The molecule has 3 nitrogen and oxygen atoms in total. The molecule has 1 N–H and O–H groups in total. The Bertz CT molecular complexity index is 367. The van der Waals surface area contributed by atoms with Gasteiger partial charge >= 0.3 is 0 Å². The number of nitrogens with one attached hydrogen (secondary N) is 1. The zero-order valence-corrected chi connectivity index (χ0v) is 11.5. The van der Waals surface area contributed by atoms with E-state index in [0.717, 1.165) is 32.0 Å². The Kier molecular flexibility index (Phi) is 5.02. The van der Waals surface area contributed by atoms with Gasteiger partial charge in [0, 0.05) is 31.2 Å². The summed E-state index contributed by atoms with van der Waals surface area (Å²) in [6, 6.07) is 8.96. The van der Waals surface area contributed by atoms with Crippen LogP contribution in [-0.4, -0.2) is 37.7 Å². The van der Waals surface area contributed by atoms with Crippen LogP contribution in [0.25, 0.3) is 0 Å². The van der Waals surface area contributed by atoms with E-state index in [4.69, 9.17) is 4.74 Å². The number of rotatable bonds is 5. The van der Waals surface area contributed by atoms with E-state index >= 15 is 0 Å². The Hall–Kier alpha value is -1.06. The minimum atomic E-state index is 0.584. The topological polar surface area (TPSA) is 24.5 Å². The van der Waals surface area contributed by atoms with Crippen LogP contribution >= 0.6 is 0 Å². The Morgan fingerprint density at radius 3 is 3.00 bits per heavy atom. The van der Waals surface area contributed by atoms with Gasteiger partial charge < -0.3 is 10.1 Å². The predicted molar refractivity (Wildman–Crippen MR) is 75.0 cm³/mol. The number of likely N-dealkylation sites (N-methyl/N-ethyl adjacent to an activating group) is 1. The van der Waals surface area contributed by atoms with Gasteiger partial charge in [0.25, 0.3) is 0 Å². The highest BCUT2D eigenvalue weighted by Gasteiger charge is 2.17. The van der Waals surface area contributed by atoms with E-state index < -0.39 is 0 Å². The van der Waals surface area contributed by atoms with E-state index in [-0.39, 0.29) is 0 Å². The quantitative estimate of drug-likeness (QED) is 0.865. The van der Waals surface area contributed by atoms with E-state index in [2.05, 4.69) is 42.4 Å². The van der Waals surface area contributed by atoms with Gasteiger partial charge in [0.2, 0.25) is 0 Å². The van der Waals surface area contributed by atoms with Crippen molar-refractivity contribution in [1.82, 2.24) is 10.2 Å². The highest BCUT2D eigenvalue weighted by atomic mass is 16.5.